The third kappa shape index (κ3) is 4.15. The monoisotopic (exact) mass is 305 g/mol. The quantitative estimate of drug-likeness (QED) is 0.838. The Bertz CT molecular complexity index is 462. The second kappa shape index (κ2) is 7.20. The van der Waals surface area contributed by atoms with Gasteiger partial charge in [-0.2, -0.15) is 0 Å². The number of benzene rings is 1. The molecular formula is C16H23N3OS. The molecule has 1 unspecified atom stereocenters. The second-order valence-corrected chi connectivity index (χ2v) is 6.16. The van der Waals surface area contributed by atoms with Gasteiger partial charge >= 0.3 is 0 Å². The fraction of sp³-hybridized carbons (Fsp3) is 0.562. The molecule has 2 saturated heterocycles. The van der Waals surface area contributed by atoms with Gasteiger partial charge in [0.15, 0.2) is 5.11 Å². The van der Waals surface area contributed by atoms with E-state index in [1.54, 1.807) is 0 Å². The number of nitrogens with zero attached hydrogens (tertiary/aromatic N) is 2. The number of hydrogen-bond acceptors (Lipinski definition) is 3. The number of ether oxygens (including phenoxy) is 1. The van der Waals surface area contributed by atoms with E-state index in [0.29, 0.717) is 6.10 Å². The maximum Gasteiger partial charge on any atom is 0.171 e. The Balaban J connectivity index is 1.49. The minimum atomic E-state index is 0.346. The standard InChI is InChI=1S/C16H23N3OS/c21-16-17-12-18(9-8-14-5-2-1-3-6-14)13-19(16)11-15-7-4-10-20-15/h1-3,5-6,15H,4,7-13H2,(H,17,21). The summed E-state index contributed by atoms with van der Waals surface area (Å²) in [5, 5.41) is 4.18. The third-order valence-corrected chi connectivity index (χ3v) is 4.52. The lowest BCUT2D eigenvalue weighted by atomic mass is 10.1. The Morgan fingerprint density at radius 2 is 2.14 bits per heavy atom. The average molecular weight is 305 g/mol. The molecule has 2 aliphatic heterocycles. The fourth-order valence-electron chi connectivity index (χ4n) is 2.90. The summed E-state index contributed by atoms with van der Waals surface area (Å²) in [7, 11) is 0. The van der Waals surface area contributed by atoms with Crippen molar-refractivity contribution in [1.29, 1.82) is 0 Å². The molecule has 2 aliphatic rings. The predicted octanol–water partition coefficient (Wildman–Crippen LogP) is 1.82. The molecule has 1 N–H and O–H groups in total. The molecule has 1 aromatic rings. The summed E-state index contributed by atoms with van der Waals surface area (Å²) in [6, 6.07) is 10.6. The molecule has 0 spiro atoms. The molecule has 0 bridgehead atoms. The first-order valence-corrected chi connectivity index (χ1v) is 8.13. The highest BCUT2D eigenvalue weighted by Crippen LogP contribution is 2.15. The van der Waals surface area contributed by atoms with Crippen molar-refractivity contribution in [2.24, 2.45) is 0 Å². The molecular weight excluding hydrogens is 282 g/mol. The Morgan fingerprint density at radius 1 is 1.29 bits per heavy atom. The maximum atomic E-state index is 5.72. The van der Waals surface area contributed by atoms with Gasteiger partial charge in [-0.15, -0.1) is 0 Å². The van der Waals surface area contributed by atoms with Crippen LogP contribution >= 0.6 is 12.2 Å². The lowest BCUT2D eigenvalue weighted by molar-refractivity contribution is 0.0661. The van der Waals surface area contributed by atoms with Crippen molar-refractivity contribution >= 4 is 17.3 Å². The van der Waals surface area contributed by atoms with Crippen molar-refractivity contribution in [3.8, 4) is 0 Å². The van der Waals surface area contributed by atoms with E-state index in [-0.39, 0.29) is 0 Å². The van der Waals surface area contributed by atoms with E-state index in [1.807, 2.05) is 0 Å². The molecule has 0 radical (unpaired) electrons. The zero-order chi connectivity index (χ0) is 14.5. The molecule has 1 atom stereocenters. The molecule has 0 aromatic heterocycles. The number of rotatable bonds is 5. The van der Waals surface area contributed by atoms with Crippen molar-refractivity contribution in [2.75, 3.05) is 33.0 Å². The smallest absolute Gasteiger partial charge is 0.171 e. The van der Waals surface area contributed by atoms with Gasteiger partial charge in [0.25, 0.3) is 0 Å². The van der Waals surface area contributed by atoms with E-state index in [4.69, 9.17) is 17.0 Å². The third-order valence-electron chi connectivity index (χ3n) is 4.12. The van der Waals surface area contributed by atoms with Crippen LogP contribution in [0.5, 0.6) is 0 Å². The molecule has 114 valence electrons. The van der Waals surface area contributed by atoms with E-state index in [2.05, 4.69) is 45.4 Å². The van der Waals surface area contributed by atoms with Crippen LogP contribution in [0.4, 0.5) is 0 Å². The Kier molecular flexibility index (Phi) is 5.06. The van der Waals surface area contributed by atoms with E-state index in [1.165, 1.54) is 12.0 Å². The van der Waals surface area contributed by atoms with Crippen LogP contribution in [0.15, 0.2) is 30.3 Å². The Morgan fingerprint density at radius 3 is 2.90 bits per heavy atom. The first-order chi connectivity index (χ1) is 10.3. The van der Waals surface area contributed by atoms with E-state index in [0.717, 1.165) is 51.0 Å². The Labute approximate surface area is 132 Å². The topological polar surface area (TPSA) is 27.7 Å². The molecule has 5 heteroatoms. The van der Waals surface area contributed by atoms with E-state index >= 15 is 0 Å². The molecule has 0 saturated carbocycles. The van der Waals surface area contributed by atoms with Crippen molar-refractivity contribution in [3.63, 3.8) is 0 Å². The normalized spacial score (nSPS) is 23.3. The summed E-state index contributed by atoms with van der Waals surface area (Å²) < 4.78 is 5.72. The van der Waals surface area contributed by atoms with Gasteiger partial charge in [-0.05, 0) is 37.0 Å². The lowest BCUT2D eigenvalue weighted by Gasteiger charge is -2.39. The van der Waals surface area contributed by atoms with Crippen LogP contribution in [-0.2, 0) is 11.2 Å². The van der Waals surface area contributed by atoms with Gasteiger partial charge in [-0.3, -0.25) is 4.90 Å². The summed E-state index contributed by atoms with van der Waals surface area (Å²) in [5.74, 6) is 0. The molecule has 0 aliphatic carbocycles. The SMILES string of the molecule is S=C1NCN(CCc2ccccc2)CN1CC1CCCO1. The van der Waals surface area contributed by atoms with Gasteiger partial charge in [0.1, 0.15) is 0 Å². The highest BCUT2D eigenvalue weighted by Gasteiger charge is 2.25. The van der Waals surface area contributed by atoms with E-state index in [9.17, 15) is 0 Å². The first kappa shape index (κ1) is 14.8. The van der Waals surface area contributed by atoms with Crippen LogP contribution in [0, 0.1) is 0 Å². The van der Waals surface area contributed by atoms with Crippen molar-refractivity contribution < 1.29 is 4.74 Å². The average Bonchev–Trinajstić information content (AvgIpc) is 3.02. The lowest BCUT2D eigenvalue weighted by Crippen LogP contribution is -2.57. The van der Waals surface area contributed by atoms with Crippen molar-refractivity contribution in [2.45, 2.75) is 25.4 Å². The van der Waals surface area contributed by atoms with Gasteiger partial charge in [-0.25, -0.2) is 0 Å². The zero-order valence-electron chi connectivity index (χ0n) is 12.3. The minimum absolute atomic E-state index is 0.346. The van der Waals surface area contributed by atoms with E-state index < -0.39 is 0 Å². The van der Waals surface area contributed by atoms with Crippen LogP contribution in [0.1, 0.15) is 18.4 Å². The first-order valence-electron chi connectivity index (χ1n) is 7.72. The second-order valence-electron chi connectivity index (χ2n) is 5.77. The minimum Gasteiger partial charge on any atom is -0.376 e. The number of thiocarbonyl (C=S) groups is 1. The fourth-order valence-corrected chi connectivity index (χ4v) is 3.10. The molecule has 3 rings (SSSR count). The van der Waals surface area contributed by atoms with Crippen LogP contribution in [0.3, 0.4) is 0 Å². The van der Waals surface area contributed by atoms with Crippen LogP contribution in [0.25, 0.3) is 0 Å². The summed E-state index contributed by atoms with van der Waals surface area (Å²) in [6.45, 7) is 4.60. The van der Waals surface area contributed by atoms with Crippen molar-refractivity contribution in [3.05, 3.63) is 35.9 Å². The molecule has 4 nitrogen and oxygen atoms in total. The number of hydrogen-bond donors (Lipinski definition) is 1. The van der Waals surface area contributed by atoms with Gasteiger partial charge in [0.2, 0.25) is 0 Å². The Hall–Kier alpha value is -1.17. The number of nitrogens with one attached hydrogen (secondary N) is 1. The summed E-state index contributed by atoms with van der Waals surface area (Å²) >= 11 is 5.42. The van der Waals surface area contributed by atoms with Crippen LogP contribution in [0.2, 0.25) is 0 Å². The molecule has 1 aromatic carbocycles. The highest BCUT2D eigenvalue weighted by molar-refractivity contribution is 7.80. The molecule has 2 heterocycles. The summed E-state index contributed by atoms with van der Waals surface area (Å²) in [5.41, 5.74) is 1.39. The largest absolute Gasteiger partial charge is 0.376 e. The van der Waals surface area contributed by atoms with Gasteiger partial charge in [0.05, 0.1) is 19.4 Å². The summed E-state index contributed by atoms with van der Waals surface area (Å²) in [4.78, 5) is 4.64. The van der Waals surface area contributed by atoms with Gasteiger partial charge in [0, 0.05) is 19.7 Å². The molecule has 0 amide bonds. The predicted molar refractivity (Wildman–Crippen MR) is 88.0 cm³/mol. The highest BCUT2D eigenvalue weighted by atomic mass is 32.1. The van der Waals surface area contributed by atoms with Gasteiger partial charge in [-0.1, -0.05) is 30.3 Å². The zero-order valence-corrected chi connectivity index (χ0v) is 13.1. The van der Waals surface area contributed by atoms with Crippen LogP contribution in [-0.4, -0.2) is 54.0 Å². The molecule has 21 heavy (non-hydrogen) atoms. The molecule has 2 fully saturated rings. The van der Waals surface area contributed by atoms with Crippen LogP contribution < -0.4 is 5.32 Å². The maximum absolute atomic E-state index is 5.72. The summed E-state index contributed by atoms with van der Waals surface area (Å²) in [6.07, 6.45) is 3.75. The van der Waals surface area contributed by atoms with Gasteiger partial charge < -0.3 is 15.0 Å². The van der Waals surface area contributed by atoms with Crippen molar-refractivity contribution in [1.82, 2.24) is 15.1 Å².